The maximum Gasteiger partial charge on any atom is 0.0687 e. The molecule has 1 atom stereocenters. The lowest BCUT2D eigenvalue weighted by atomic mass is 9.82. The van der Waals surface area contributed by atoms with Gasteiger partial charge < -0.3 is 10.3 Å². The Morgan fingerprint density at radius 3 is 2.60 bits per heavy atom. The molecule has 2 N–H and O–H groups in total. The van der Waals surface area contributed by atoms with E-state index in [1.54, 1.807) is 0 Å². The molecule has 0 spiro atoms. The van der Waals surface area contributed by atoms with E-state index in [4.69, 9.17) is 5.73 Å². The largest absolute Gasteiger partial charge is 0.399 e. The lowest BCUT2D eigenvalue weighted by molar-refractivity contribution is 0.784. The van der Waals surface area contributed by atoms with E-state index in [0.29, 0.717) is 11.6 Å². The fourth-order valence-electron chi connectivity index (χ4n) is 6.86. The van der Waals surface area contributed by atoms with Crippen LogP contribution in [-0.2, 0) is 0 Å². The standard InChI is InChI=1S/C44H39N3/c1-4-12-39-33(21-25-35(45)24-20-31(3)43-30(2)13-11-28-46-43)22-27-41-40-26-23-34(38-19-10-15-32-14-8-9-18-37(32)38)29-42(40)47(44(39)41)36-16-6-5-7-17-36/h4-14,16-29,32H,15,45H2,1-3H3/b12-4-,25-21+,31-20+,35-24-. The van der Waals surface area contributed by atoms with Crippen LogP contribution in [0.15, 0.2) is 151 Å². The molecule has 0 amide bonds. The van der Waals surface area contributed by atoms with Crippen molar-refractivity contribution in [3.8, 4) is 5.69 Å². The number of pyridine rings is 1. The summed E-state index contributed by atoms with van der Waals surface area (Å²) in [6, 6.07) is 26.1. The van der Waals surface area contributed by atoms with Gasteiger partial charge in [0.05, 0.1) is 16.7 Å². The summed E-state index contributed by atoms with van der Waals surface area (Å²) >= 11 is 0. The predicted octanol–water partition coefficient (Wildman–Crippen LogP) is 10.9. The van der Waals surface area contributed by atoms with Crippen molar-refractivity contribution in [2.75, 3.05) is 0 Å². The minimum absolute atomic E-state index is 0.436. The smallest absolute Gasteiger partial charge is 0.0687 e. The third-order valence-electron chi connectivity index (χ3n) is 9.14. The number of hydrogen-bond acceptors (Lipinski definition) is 2. The van der Waals surface area contributed by atoms with Crippen LogP contribution in [0.2, 0.25) is 0 Å². The maximum atomic E-state index is 6.51. The van der Waals surface area contributed by atoms with Gasteiger partial charge in [-0.15, -0.1) is 0 Å². The summed E-state index contributed by atoms with van der Waals surface area (Å²) in [5.41, 5.74) is 20.1. The summed E-state index contributed by atoms with van der Waals surface area (Å²) < 4.78 is 2.42. The van der Waals surface area contributed by atoms with Crippen LogP contribution >= 0.6 is 0 Å². The average molecular weight is 610 g/mol. The molecule has 2 aliphatic carbocycles. The van der Waals surface area contributed by atoms with E-state index < -0.39 is 0 Å². The van der Waals surface area contributed by atoms with Crippen molar-refractivity contribution in [1.29, 1.82) is 0 Å². The first-order valence-electron chi connectivity index (χ1n) is 16.3. The number of aryl methyl sites for hydroxylation is 1. The van der Waals surface area contributed by atoms with Crippen LogP contribution in [0.1, 0.15) is 48.2 Å². The predicted molar refractivity (Wildman–Crippen MR) is 202 cm³/mol. The number of fused-ring (bicyclic) bond motifs is 4. The number of benzene rings is 3. The second-order valence-electron chi connectivity index (χ2n) is 12.2. The Morgan fingerprint density at radius 2 is 1.77 bits per heavy atom. The zero-order valence-corrected chi connectivity index (χ0v) is 27.2. The quantitative estimate of drug-likeness (QED) is 0.187. The first kappa shape index (κ1) is 30.0. The van der Waals surface area contributed by atoms with Gasteiger partial charge in [-0.1, -0.05) is 109 Å². The van der Waals surface area contributed by atoms with Gasteiger partial charge in [-0.25, -0.2) is 0 Å². The Kier molecular flexibility index (Phi) is 8.29. The molecule has 230 valence electrons. The molecule has 0 saturated heterocycles. The molecule has 0 fully saturated rings. The lowest BCUT2D eigenvalue weighted by Crippen LogP contribution is -2.07. The molecule has 3 aromatic carbocycles. The molecule has 3 nitrogen and oxygen atoms in total. The molecule has 2 aromatic heterocycles. The van der Waals surface area contributed by atoms with E-state index in [2.05, 4.69) is 152 Å². The Bertz CT molecular complexity index is 2240. The Morgan fingerprint density at radius 1 is 0.915 bits per heavy atom. The zero-order valence-electron chi connectivity index (χ0n) is 27.2. The van der Waals surface area contributed by atoms with Crippen molar-refractivity contribution in [1.82, 2.24) is 9.55 Å². The number of nitrogens with two attached hydrogens (primary N) is 1. The van der Waals surface area contributed by atoms with Crippen LogP contribution < -0.4 is 5.73 Å². The summed E-state index contributed by atoms with van der Waals surface area (Å²) in [6.45, 7) is 6.22. The molecular weight excluding hydrogens is 571 g/mol. The zero-order chi connectivity index (χ0) is 32.3. The third kappa shape index (κ3) is 5.77. The fourth-order valence-corrected chi connectivity index (χ4v) is 6.86. The van der Waals surface area contributed by atoms with Crippen LogP contribution in [0.3, 0.4) is 0 Å². The summed E-state index contributed by atoms with van der Waals surface area (Å²) in [6.07, 6.45) is 28.8. The first-order chi connectivity index (χ1) is 23.0. The number of hydrogen-bond donors (Lipinski definition) is 1. The Hall–Kier alpha value is -5.67. The molecule has 0 radical (unpaired) electrons. The van der Waals surface area contributed by atoms with E-state index in [0.717, 1.165) is 40.1 Å². The van der Waals surface area contributed by atoms with Gasteiger partial charge in [-0.2, -0.15) is 0 Å². The molecule has 3 heteroatoms. The summed E-state index contributed by atoms with van der Waals surface area (Å²) in [5.74, 6) is 0.436. The van der Waals surface area contributed by atoms with Gasteiger partial charge in [-0.05, 0) is 97.0 Å². The van der Waals surface area contributed by atoms with Crippen LogP contribution in [0.5, 0.6) is 0 Å². The highest BCUT2D eigenvalue weighted by Crippen LogP contribution is 2.40. The van der Waals surface area contributed by atoms with E-state index in [1.165, 1.54) is 38.5 Å². The topological polar surface area (TPSA) is 43.8 Å². The van der Waals surface area contributed by atoms with Crippen molar-refractivity contribution in [3.05, 3.63) is 179 Å². The molecule has 47 heavy (non-hydrogen) atoms. The van der Waals surface area contributed by atoms with Gasteiger partial charge in [0.2, 0.25) is 0 Å². The van der Waals surface area contributed by atoms with Gasteiger partial charge in [0.1, 0.15) is 0 Å². The van der Waals surface area contributed by atoms with Gasteiger partial charge >= 0.3 is 0 Å². The fraction of sp³-hybridized carbons (Fsp3) is 0.114. The molecule has 0 aliphatic heterocycles. The van der Waals surface area contributed by atoms with Crippen molar-refractivity contribution >= 4 is 45.1 Å². The molecule has 2 heterocycles. The van der Waals surface area contributed by atoms with Crippen molar-refractivity contribution in [2.24, 2.45) is 11.7 Å². The van der Waals surface area contributed by atoms with Crippen LogP contribution in [0.4, 0.5) is 0 Å². The summed E-state index contributed by atoms with van der Waals surface area (Å²) in [4.78, 5) is 4.53. The van der Waals surface area contributed by atoms with E-state index in [1.807, 2.05) is 30.5 Å². The SMILES string of the molecule is C/C=C\c1c(/C=C/C(N)=C/C=C(\C)c2ncccc2C)ccc2c3ccc(C4=C5C=CC=CC5CC=C4)cc3n(-c3ccccc3)c12. The van der Waals surface area contributed by atoms with E-state index in [9.17, 15) is 0 Å². The molecular formula is C44H39N3. The molecule has 7 rings (SSSR count). The number of allylic oxidation sites excluding steroid dienone is 13. The monoisotopic (exact) mass is 609 g/mol. The van der Waals surface area contributed by atoms with Crippen LogP contribution in [-0.4, -0.2) is 9.55 Å². The van der Waals surface area contributed by atoms with E-state index in [-0.39, 0.29) is 0 Å². The summed E-state index contributed by atoms with van der Waals surface area (Å²) in [5, 5.41) is 2.46. The highest BCUT2D eigenvalue weighted by atomic mass is 15.0. The Labute approximate surface area is 277 Å². The average Bonchev–Trinajstić information content (AvgIpc) is 3.44. The first-order valence-corrected chi connectivity index (χ1v) is 16.3. The number of aromatic nitrogens is 2. The maximum absolute atomic E-state index is 6.51. The van der Waals surface area contributed by atoms with Gasteiger partial charge in [0.25, 0.3) is 0 Å². The molecule has 0 saturated carbocycles. The minimum Gasteiger partial charge on any atom is -0.399 e. The number of para-hydroxylation sites is 1. The third-order valence-corrected chi connectivity index (χ3v) is 9.14. The molecule has 2 aliphatic rings. The van der Waals surface area contributed by atoms with Crippen molar-refractivity contribution in [3.63, 3.8) is 0 Å². The van der Waals surface area contributed by atoms with Gasteiger partial charge in [0, 0.05) is 39.8 Å². The van der Waals surface area contributed by atoms with Crippen molar-refractivity contribution < 1.29 is 0 Å². The normalized spacial score (nSPS) is 16.8. The highest BCUT2D eigenvalue weighted by Gasteiger charge is 2.21. The minimum atomic E-state index is 0.436. The van der Waals surface area contributed by atoms with Gasteiger partial charge in [0.15, 0.2) is 0 Å². The lowest BCUT2D eigenvalue weighted by Gasteiger charge is -2.23. The second-order valence-corrected chi connectivity index (χ2v) is 12.2. The highest BCUT2D eigenvalue weighted by molar-refractivity contribution is 6.13. The van der Waals surface area contributed by atoms with Crippen molar-refractivity contribution in [2.45, 2.75) is 27.2 Å². The number of nitrogens with zero attached hydrogens (tertiary/aromatic N) is 2. The molecule has 1 unspecified atom stereocenters. The molecule has 0 bridgehead atoms. The summed E-state index contributed by atoms with van der Waals surface area (Å²) in [7, 11) is 0. The second kappa shape index (κ2) is 13.0. The van der Waals surface area contributed by atoms with Gasteiger partial charge in [-0.3, -0.25) is 4.98 Å². The van der Waals surface area contributed by atoms with Crippen LogP contribution in [0, 0.1) is 12.8 Å². The number of rotatable bonds is 7. The van der Waals surface area contributed by atoms with E-state index >= 15 is 0 Å². The Balaban J connectivity index is 1.38. The van der Waals surface area contributed by atoms with Crippen LogP contribution in [0.25, 0.3) is 50.8 Å². The molecule has 5 aromatic rings.